The van der Waals surface area contributed by atoms with E-state index in [9.17, 15) is 29.7 Å². The Labute approximate surface area is 254 Å². The lowest BCUT2D eigenvalue weighted by molar-refractivity contribution is -0.129. The van der Waals surface area contributed by atoms with Crippen LogP contribution < -0.4 is 10.1 Å². The Morgan fingerprint density at radius 3 is 1.70 bits per heavy atom. The number of carbonyl (C=O) groups excluding carboxylic acids is 3. The highest BCUT2D eigenvalue weighted by molar-refractivity contribution is 6.14. The van der Waals surface area contributed by atoms with Crippen LogP contribution in [0.15, 0.2) is 115 Å². The summed E-state index contributed by atoms with van der Waals surface area (Å²) in [6, 6.07) is 25.1. The van der Waals surface area contributed by atoms with Crippen LogP contribution in [0.25, 0.3) is 18.2 Å². The first-order valence-corrected chi connectivity index (χ1v) is 13.7. The van der Waals surface area contributed by atoms with Gasteiger partial charge in [-0.3, -0.25) is 14.4 Å². The van der Waals surface area contributed by atoms with Crippen LogP contribution in [0.4, 0.5) is 0 Å². The third kappa shape index (κ3) is 8.80. The largest absolute Gasteiger partial charge is 0.508 e. The first kappa shape index (κ1) is 31.1. The zero-order chi connectivity index (χ0) is 31.5. The molecule has 4 N–H and O–H groups in total. The van der Waals surface area contributed by atoms with Crippen LogP contribution >= 0.6 is 0 Å². The van der Waals surface area contributed by atoms with Crippen molar-refractivity contribution in [2.45, 2.75) is 6.04 Å². The van der Waals surface area contributed by atoms with E-state index in [-0.39, 0.29) is 17.2 Å². The molecule has 0 aliphatic rings. The molecule has 0 bridgehead atoms. The van der Waals surface area contributed by atoms with Gasteiger partial charge in [-0.1, -0.05) is 72.8 Å². The molecule has 0 radical (unpaired) electrons. The lowest BCUT2D eigenvalue weighted by atomic mass is 9.85. The SMILES string of the molecule is COc1cc(O)cc(/C=C/C(=O)C(C(=O)/C=C/c2cc(O)cc(O)c2)C(NC(=O)/C=C/c2ccccc2)c2ccccc2)c1. The average Bonchev–Trinajstić information content (AvgIpc) is 3.01. The molecule has 0 spiro atoms. The van der Waals surface area contributed by atoms with Gasteiger partial charge in [0.2, 0.25) is 5.91 Å². The van der Waals surface area contributed by atoms with E-state index < -0.39 is 29.4 Å². The second-order valence-corrected chi connectivity index (χ2v) is 9.84. The van der Waals surface area contributed by atoms with E-state index in [0.29, 0.717) is 22.4 Å². The van der Waals surface area contributed by atoms with E-state index >= 15 is 0 Å². The molecule has 4 rings (SSSR count). The maximum atomic E-state index is 13.8. The van der Waals surface area contributed by atoms with E-state index in [2.05, 4.69) is 5.32 Å². The quantitative estimate of drug-likeness (QED) is 0.120. The standard InChI is InChI=1S/C36H31NO7/c1-44-31-21-26(20-30(40)23-31)13-16-33(42)35(32(41)15-12-25-18-28(38)22-29(39)19-25)36(27-10-6-3-7-11-27)37-34(43)17-14-24-8-4-2-5-9-24/h2-23,35-36,38-40H,1H3,(H,37,43)/b15-12+,16-13+,17-14+. The molecule has 0 aliphatic carbocycles. The van der Waals surface area contributed by atoms with Crippen molar-refractivity contribution < 1.29 is 34.4 Å². The van der Waals surface area contributed by atoms with E-state index in [4.69, 9.17) is 4.74 Å². The van der Waals surface area contributed by atoms with Crippen LogP contribution in [0.1, 0.15) is 28.3 Å². The number of hydrogen-bond acceptors (Lipinski definition) is 7. The molecule has 2 atom stereocenters. The molecule has 0 aromatic heterocycles. The summed E-state index contributed by atoms with van der Waals surface area (Å²) >= 11 is 0. The number of nitrogens with one attached hydrogen (secondary N) is 1. The van der Waals surface area contributed by atoms with Crippen molar-refractivity contribution in [3.8, 4) is 23.0 Å². The molecule has 0 saturated carbocycles. The van der Waals surface area contributed by atoms with Crippen molar-refractivity contribution in [3.05, 3.63) is 138 Å². The number of phenolic OH excluding ortho intramolecular Hbond substituents is 3. The average molecular weight is 590 g/mol. The monoisotopic (exact) mass is 589 g/mol. The number of carbonyl (C=O) groups is 3. The number of allylic oxidation sites excluding steroid dienone is 2. The van der Waals surface area contributed by atoms with Gasteiger partial charge in [-0.05, 0) is 64.7 Å². The van der Waals surface area contributed by atoms with Gasteiger partial charge in [-0.25, -0.2) is 0 Å². The summed E-state index contributed by atoms with van der Waals surface area (Å²) in [4.78, 5) is 40.7. The van der Waals surface area contributed by atoms with E-state index in [1.807, 2.05) is 30.3 Å². The highest BCUT2D eigenvalue weighted by Crippen LogP contribution is 2.28. The maximum absolute atomic E-state index is 13.8. The predicted molar refractivity (Wildman–Crippen MR) is 169 cm³/mol. The van der Waals surface area contributed by atoms with Crippen LogP contribution in [0.2, 0.25) is 0 Å². The number of phenols is 3. The Bertz CT molecular complexity index is 1690. The summed E-state index contributed by atoms with van der Waals surface area (Å²) in [6.07, 6.45) is 8.15. The van der Waals surface area contributed by atoms with E-state index in [0.717, 1.165) is 11.6 Å². The van der Waals surface area contributed by atoms with E-state index in [1.165, 1.54) is 61.8 Å². The molecule has 4 aromatic carbocycles. The topological polar surface area (TPSA) is 133 Å². The Morgan fingerprint density at radius 2 is 1.14 bits per heavy atom. The minimum atomic E-state index is -1.40. The lowest BCUT2D eigenvalue weighted by Crippen LogP contribution is -2.39. The molecular weight excluding hydrogens is 558 g/mol. The number of ether oxygens (including phenoxy) is 1. The van der Waals surface area contributed by atoms with Crippen molar-refractivity contribution >= 4 is 35.7 Å². The fraction of sp³-hybridized carbons (Fsp3) is 0.0833. The van der Waals surface area contributed by atoms with Gasteiger partial charge in [0.25, 0.3) is 0 Å². The Kier molecular flexibility index (Phi) is 10.5. The first-order valence-electron chi connectivity index (χ1n) is 13.7. The van der Waals surface area contributed by atoms with Gasteiger partial charge in [0.05, 0.1) is 13.2 Å². The molecule has 8 nitrogen and oxygen atoms in total. The van der Waals surface area contributed by atoms with Crippen molar-refractivity contribution in [2.24, 2.45) is 5.92 Å². The van der Waals surface area contributed by atoms with Crippen LogP contribution in [0.3, 0.4) is 0 Å². The van der Waals surface area contributed by atoms with Crippen LogP contribution in [-0.4, -0.2) is 39.9 Å². The number of methoxy groups -OCH3 is 1. The summed E-state index contributed by atoms with van der Waals surface area (Å²) in [5.74, 6) is -3.25. The number of benzene rings is 4. The highest BCUT2D eigenvalue weighted by Gasteiger charge is 2.34. The maximum Gasteiger partial charge on any atom is 0.244 e. The van der Waals surface area contributed by atoms with Crippen LogP contribution in [0, 0.1) is 5.92 Å². The second kappa shape index (κ2) is 14.8. The second-order valence-electron chi connectivity index (χ2n) is 9.84. The molecule has 222 valence electrons. The molecule has 0 heterocycles. The number of rotatable bonds is 12. The minimum absolute atomic E-state index is 0.0685. The van der Waals surface area contributed by atoms with Crippen molar-refractivity contribution in [1.29, 1.82) is 0 Å². The molecular formula is C36H31NO7. The molecule has 0 saturated heterocycles. The number of amides is 1. The third-order valence-corrected chi connectivity index (χ3v) is 6.58. The molecule has 0 fully saturated rings. The Morgan fingerprint density at radius 1 is 0.636 bits per heavy atom. The zero-order valence-electron chi connectivity index (χ0n) is 23.8. The van der Waals surface area contributed by atoms with E-state index in [1.54, 1.807) is 42.5 Å². The van der Waals surface area contributed by atoms with Gasteiger partial charge in [-0.2, -0.15) is 0 Å². The fourth-order valence-corrected chi connectivity index (χ4v) is 4.52. The Hall–Kier alpha value is -5.89. The van der Waals surface area contributed by atoms with Gasteiger partial charge in [0, 0.05) is 18.2 Å². The first-order chi connectivity index (χ1) is 21.2. The van der Waals surface area contributed by atoms with Crippen LogP contribution in [-0.2, 0) is 14.4 Å². The fourth-order valence-electron chi connectivity index (χ4n) is 4.52. The summed E-state index contributed by atoms with van der Waals surface area (Å²) in [7, 11) is 1.44. The molecule has 1 amide bonds. The lowest BCUT2D eigenvalue weighted by Gasteiger charge is -2.25. The zero-order valence-corrected chi connectivity index (χ0v) is 23.8. The van der Waals surface area contributed by atoms with Crippen molar-refractivity contribution in [3.63, 3.8) is 0 Å². The van der Waals surface area contributed by atoms with Crippen molar-refractivity contribution in [1.82, 2.24) is 5.32 Å². The summed E-state index contributed by atoms with van der Waals surface area (Å²) in [5.41, 5.74) is 2.11. The third-order valence-electron chi connectivity index (χ3n) is 6.58. The smallest absolute Gasteiger partial charge is 0.244 e. The normalized spacial score (nSPS) is 12.8. The molecule has 4 aromatic rings. The molecule has 0 aliphatic heterocycles. The molecule has 2 unspecified atom stereocenters. The van der Waals surface area contributed by atoms with Gasteiger partial charge in [0.15, 0.2) is 11.6 Å². The van der Waals surface area contributed by atoms with Gasteiger partial charge in [-0.15, -0.1) is 0 Å². The highest BCUT2D eigenvalue weighted by atomic mass is 16.5. The van der Waals surface area contributed by atoms with Crippen molar-refractivity contribution in [2.75, 3.05) is 7.11 Å². The molecule has 8 heteroatoms. The minimum Gasteiger partial charge on any atom is -0.508 e. The predicted octanol–water partition coefficient (Wildman–Crippen LogP) is 5.86. The number of hydrogen-bond donors (Lipinski definition) is 4. The number of aromatic hydroxyl groups is 3. The van der Waals surface area contributed by atoms with Gasteiger partial charge in [0.1, 0.15) is 28.9 Å². The summed E-state index contributed by atoms with van der Waals surface area (Å²) in [5, 5.41) is 32.5. The van der Waals surface area contributed by atoms with Crippen LogP contribution in [0.5, 0.6) is 23.0 Å². The van der Waals surface area contributed by atoms with Gasteiger partial charge < -0.3 is 25.4 Å². The van der Waals surface area contributed by atoms with Gasteiger partial charge >= 0.3 is 0 Å². The summed E-state index contributed by atoms with van der Waals surface area (Å²) in [6.45, 7) is 0. The number of ketones is 2. The Balaban J connectivity index is 1.72. The molecule has 44 heavy (non-hydrogen) atoms. The summed E-state index contributed by atoms with van der Waals surface area (Å²) < 4.78 is 5.18.